The van der Waals surface area contributed by atoms with Crippen LogP contribution in [-0.4, -0.2) is 75.5 Å². The summed E-state index contributed by atoms with van der Waals surface area (Å²) < 4.78 is 17.0. The summed E-state index contributed by atoms with van der Waals surface area (Å²) in [6.45, 7) is 4.30. The van der Waals surface area contributed by atoms with E-state index in [4.69, 9.17) is 14.2 Å². The molecule has 2 atom stereocenters. The predicted octanol–water partition coefficient (Wildman–Crippen LogP) is 10.4. The number of carboxylic acid groups (broad SMARTS) is 1. The zero-order valence-electron chi connectivity index (χ0n) is 36.2. The van der Waals surface area contributed by atoms with Gasteiger partial charge in [0.05, 0.1) is 40.3 Å². The SMILES string of the molecule is CC/C=C/C/C=C/C/C=C/C/C=C/C/C=C/C/C=C/CCCCC(=O)OC(COCCC(C(=O)[O-])[N+](C)(C)C)COC(=O)CCCC/C=C/C/C=C/C/C=C/CC. The van der Waals surface area contributed by atoms with Crippen molar-refractivity contribution in [1.82, 2.24) is 0 Å². The van der Waals surface area contributed by atoms with Gasteiger partial charge in [0.25, 0.3) is 0 Å². The monoisotopic (exact) mass is 792 g/mol. The molecule has 0 saturated carbocycles. The number of aliphatic carboxylic acids is 1. The van der Waals surface area contributed by atoms with Gasteiger partial charge in [-0.15, -0.1) is 0 Å². The van der Waals surface area contributed by atoms with Crippen LogP contribution in [0.15, 0.2) is 109 Å². The van der Waals surface area contributed by atoms with E-state index >= 15 is 0 Å². The van der Waals surface area contributed by atoms with Gasteiger partial charge in [-0.2, -0.15) is 0 Å². The van der Waals surface area contributed by atoms with Gasteiger partial charge < -0.3 is 28.6 Å². The zero-order valence-corrected chi connectivity index (χ0v) is 36.2. The van der Waals surface area contributed by atoms with E-state index < -0.39 is 18.1 Å². The first kappa shape index (κ1) is 53.0. The summed E-state index contributed by atoms with van der Waals surface area (Å²) >= 11 is 0. The van der Waals surface area contributed by atoms with Crippen LogP contribution in [0.25, 0.3) is 0 Å². The topological polar surface area (TPSA) is 102 Å². The van der Waals surface area contributed by atoms with Gasteiger partial charge in [-0.3, -0.25) is 9.59 Å². The van der Waals surface area contributed by atoms with Crippen LogP contribution in [0.2, 0.25) is 0 Å². The second-order valence-electron chi connectivity index (χ2n) is 14.8. The third kappa shape index (κ3) is 37.3. The van der Waals surface area contributed by atoms with E-state index in [0.29, 0.717) is 12.8 Å². The molecule has 0 aromatic rings. The van der Waals surface area contributed by atoms with E-state index in [2.05, 4.69) is 123 Å². The van der Waals surface area contributed by atoms with Crippen molar-refractivity contribution in [3.05, 3.63) is 109 Å². The van der Waals surface area contributed by atoms with Gasteiger partial charge in [0.1, 0.15) is 12.6 Å². The second kappa shape index (κ2) is 38.8. The van der Waals surface area contributed by atoms with Gasteiger partial charge in [-0.05, 0) is 96.3 Å². The molecule has 320 valence electrons. The Kier molecular flexibility index (Phi) is 36.1. The second-order valence-corrected chi connectivity index (χ2v) is 14.8. The highest BCUT2D eigenvalue weighted by Crippen LogP contribution is 2.10. The molecule has 0 N–H and O–H groups in total. The lowest BCUT2D eigenvalue weighted by atomic mass is 10.1. The molecule has 57 heavy (non-hydrogen) atoms. The fourth-order valence-electron chi connectivity index (χ4n) is 5.38. The molecule has 0 aromatic carbocycles. The van der Waals surface area contributed by atoms with E-state index in [1.54, 1.807) is 21.1 Å². The van der Waals surface area contributed by atoms with Gasteiger partial charge in [-0.25, -0.2) is 0 Å². The summed E-state index contributed by atoms with van der Waals surface area (Å²) in [7, 11) is 5.36. The van der Waals surface area contributed by atoms with Crippen molar-refractivity contribution in [2.75, 3.05) is 41.0 Å². The molecule has 0 amide bonds. The van der Waals surface area contributed by atoms with Gasteiger partial charge in [-0.1, -0.05) is 123 Å². The number of esters is 2. The van der Waals surface area contributed by atoms with Crippen LogP contribution in [0, 0.1) is 0 Å². The molecule has 0 aliphatic carbocycles. The predicted molar refractivity (Wildman–Crippen MR) is 235 cm³/mol. The molecule has 0 saturated heterocycles. The lowest BCUT2D eigenvalue weighted by Gasteiger charge is -2.34. The number of ether oxygens (including phenoxy) is 3. The Hall–Kier alpha value is -4.01. The van der Waals surface area contributed by atoms with Gasteiger partial charge in [0, 0.05) is 19.3 Å². The maximum atomic E-state index is 12.7. The van der Waals surface area contributed by atoms with Crippen molar-refractivity contribution in [2.45, 2.75) is 142 Å². The molecule has 8 heteroatoms. The summed E-state index contributed by atoms with van der Waals surface area (Å²) in [4.78, 5) is 36.8. The van der Waals surface area contributed by atoms with Crippen molar-refractivity contribution in [2.24, 2.45) is 0 Å². The molecule has 0 rings (SSSR count). The Labute approximate surface area is 347 Å². The molecule has 0 heterocycles. The van der Waals surface area contributed by atoms with Crippen LogP contribution in [-0.2, 0) is 28.6 Å². The maximum absolute atomic E-state index is 12.7. The average molecular weight is 792 g/mol. The number of allylic oxidation sites excluding steroid dienone is 18. The maximum Gasteiger partial charge on any atom is 0.306 e. The number of carbonyl (C=O) groups excluding carboxylic acids is 3. The molecule has 8 nitrogen and oxygen atoms in total. The quantitative estimate of drug-likeness (QED) is 0.0269. The highest BCUT2D eigenvalue weighted by atomic mass is 16.6. The number of carbonyl (C=O) groups is 3. The van der Waals surface area contributed by atoms with Crippen LogP contribution in [0.1, 0.15) is 129 Å². The normalized spacial score (nSPS) is 14.1. The minimum Gasteiger partial charge on any atom is -0.544 e. The number of unbranched alkanes of at least 4 members (excludes halogenated alkanes) is 4. The Balaban J connectivity index is 4.51. The molecule has 0 fully saturated rings. The van der Waals surface area contributed by atoms with Crippen LogP contribution in [0.4, 0.5) is 0 Å². The number of hydrogen-bond acceptors (Lipinski definition) is 7. The largest absolute Gasteiger partial charge is 0.544 e. The van der Waals surface area contributed by atoms with Crippen molar-refractivity contribution in [3.63, 3.8) is 0 Å². The first-order valence-electron chi connectivity index (χ1n) is 21.4. The molecular weight excluding hydrogens is 715 g/mol. The number of carboxylic acids is 1. The first-order valence-corrected chi connectivity index (χ1v) is 21.4. The smallest absolute Gasteiger partial charge is 0.306 e. The average Bonchev–Trinajstić information content (AvgIpc) is 3.17. The van der Waals surface area contributed by atoms with Crippen LogP contribution >= 0.6 is 0 Å². The highest BCUT2D eigenvalue weighted by Gasteiger charge is 2.25. The molecular formula is C49H77NO7. The Morgan fingerprint density at radius 2 is 0.912 bits per heavy atom. The lowest BCUT2D eigenvalue weighted by molar-refractivity contribution is -0.889. The Morgan fingerprint density at radius 3 is 1.30 bits per heavy atom. The molecule has 0 aliphatic rings. The van der Waals surface area contributed by atoms with Gasteiger partial charge in [0.15, 0.2) is 6.10 Å². The fourth-order valence-corrected chi connectivity index (χ4v) is 5.38. The van der Waals surface area contributed by atoms with Crippen LogP contribution < -0.4 is 5.11 Å². The minimum atomic E-state index is -1.14. The van der Waals surface area contributed by atoms with Crippen molar-refractivity contribution < 1.29 is 38.2 Å². The van der Waals surface area contributed by atoms with Crippen LogP contribution in [0.5, 0.6) is 0 Å². The van der Waals surface area contributed by atoms with Crippen molar-refractivity contribution in [1.29, 1.82) is 0 Å². The fraction of sp³-hybridized carbons (Fsp3) is 0.571. The van der Waals surface area contributed by atoms with E-state index in [9.17, 15) is 19.5 Å². The zero-order chi connectivity index (χ0) is 42.1. The number of nitrogens with zero attached hydrogens (tertiary/aromatic N) is 1. The number of rotatable bonds is 36. The molecule has 0 spiro atoms. The first-order chi connectivity index (χ1) is 27.6. The molecule has 0 radical (unpaired) electrons. The van der Waals surface area contributed by atoms with E-state index in [-0.39, 0.29) is 55.5 Å². The lowest BCUT2D eigenvalue weighted by Crippen LogP contribution is -2.55. The summed E-state index contributed by atoms with van der Waals surface area (Å²) in [5, 5.41) is 11.6. The summed E-state index contributed by atoms with van der Waals surface area (Å²) in [5.74, 6) is -1.86. The van der Waals surface area contributed by atoms with E-state index in [1.165, 1.54) is 0 Å². The minimum absolute atomic E-state index is 0.00258. The van der Waals surface area contributed by atoms with Gasteiger partial charge >= 0.3 is 11.9 Å². The number of likely N-dealkylation sites (N-methyl/N-ethyl adjacent to an activating group) is 1. The van der Waals surface area contributed by atoms with Crippen LogP contribution in [0.3, 0.4) is 0 Å². The summed E-state index contributed by atoms with van der Waals surface area (Å²) in [6, 6.07) is -0.746. The molecule has 0 bridgehead atoms. The third-order valence-electron chi connectivity index (χ3n) is 8.65. The molecule has 2 unspecified atom stereocenters. The van der Waals surface area contributed by atoms with E-state index in [0.717, 1.165) is 83.5 Å². The van der Waals surface area contributed by atoms with Crippen molar-refractivity contribution in [3.8, 4) is 0 Å². The van der Waals surface area contributed by atoms with Gasteiger partial charge in [0.2, 0.25) is 0 Å². The Morgan fingerprint density at radius 1 is 0.526 bits per heavy atom. The summed E-state index contributed by atoms with van der Waals surface area (Å²) in [5.41, 5.74) is 0. The molecule has 0 aliphatic heterocycles. The van der Waals surface area contributed by atoms with Crippen molar-refractivity contribution >= 4 is 17.9 Å². The highest BCUT2D eigenvalue weighted by molar-refractivity contribution is 5.70. The van der Waals surface area contributed by atoms with E-state index in [1.807, 2.05) is 0 Å². The number of hydrogen-bond donors (Lipinski definition) is 0. The standard InChI is InChI=1S/C49H77NO7/c1-6-8-10-12-14-16-18-20-21-22-23-24-25-26-27-28-30-32-34-36-38-40-48(52)57-45(43-55-42-41-46(49(53)54)50(3,4)5)44-56-47(51)39-37-35-33-31-29-19-17-15-13-11-9-7-2/h8-11,14-17,20-21,23-24,26-27,29-32,45-46H,6-7,12-13,18-19,22,25,28,33-44H2,1-5H3/b10-8+,11-9+,16-14+,17-15+,21-20+,24-23+,27-26+,31-29+,32-30+. The summed E-state index contributed by atoms with van der Waals surface area (Å²) in [6.07, 6.45) is 52.7. The third-order valence-corrected chi connectivity index (χ3v) is 8.65. The number of quaternary nitrogens is 1. The molecule has 0 aromatic heterocycles. The Bertz CT molecular complexity index is 1290.